The smallest absolute Gasteiger partial charge is 0.305 e. The van der Waals surface area contributed by atoms with Gasteiger partial charge in [0, 0.05) is 28.4 Å². The second kappa shape index (κ2) is 7.00. The molecule has 1 aromatic heterocycles. The van der Waals surface area contributed by atoms with Crippen molar-refractivity contribution in [3.63, 3.8) is 0 Å². The Kier molecular flexibility index (Phi) is 5.58. The lowest BCUT2D eigenvalue weighted by atomic mass is 9.77. The van der Waals surface area contributed by atoms with Gasteiger partial charge in [-0.3, -0.25) is 4.79 Å². The fraction of sp³-hybridized carbons (Fsp3) is 0.625. The first-order valence-corrected chi connectivity index (χ1v) is 9.93. The molecule has 3 heteroatoms. The molecule has 0 amide bonds. The molecule has 1 heterocycles. The summed E-state index contributed by atoms with van der Waals surface area (Å²) in [6, 6.07) is 4.66. The fourth-order valence-corrected chi connectivity index (χ4v) is 3.64. The van der Waals surface area contributed by atoms with E-state index in [1.165, 1.54) is 40.4 Å². The summed E-state index contributed by atoms with van der Waals surface area (Å²) in [5.74, 6) is -0.159. The second-order valence-electron chi connectivity index (χ2n) is 10.8. The Bertz CT molecular complexity index is 836. The Hall–Kier alpha value is -1.77. The summed E-state index contributed by atoms with van der Waals surface area (Å²) < 4.78 is 4.90. The number of carbonyl (C=O) groups excluding carboxylic acids is 1. The number of esters is 1. The van der Waals surface area contributed by atoms with Gasteiger partial charge in [-0.1, -0.05) is 68.4 Å². The van der Waals surface area contributed by atoms with Crippen molar-refractivity contribution in [2.45, 2.75) is 91.4 Å². The van der Waals surface area contributed by atoms with Crippen molar-refractivity contribution >= 4 is 16.9 Å². The maximum atomic E-state index is 11.8. The molecule has 0 spiro atoms. The molecule has 150 valence electrons. The molecule has 0 radical (unpaired) electrons. The molecule has 0 bridgehead atoms. The Labute approximate surface area is 164 Å². The first kappa shape index (κ1) is 21.5. The van der Waals surface area contributed by atoms with Crippen molar-refractivity contribution in [1.82, 2.24) is 4.98 Å². The van der Waals surface area contributed by atoms with Gasteiger partial charge in [0.2, 0.25) is 0 Å². The highest BCUT2D eigenvalue weighted by atomic mass is 16.5. The number of methoxy groups -OCH3 is 1. The van der Waals surface area contributed by atoms with Gasteiger partial charge < -0.3 is 9.72 Å². The lowest BCUT2D eigenvalue weighted by molar-refractivity contribution is -0.140. The predicted octanol–water partition coefficient (Wildman–Crippen LogP) is 6.17. The van der Waals surface area contributed by atoms with Gasteiger partial charge in [0.1, 0.15) is 0 Å². The van der Waals surface area contributed by atoms with Crippen LogP contribution in [0.4, 0.5) is 0 Å². The van der Waals surface area contributed by atoms with E-state index in [0.29, 0.717) is 12.8 Å². The van der Waals surface area contributed by atoms with Gasteiger partial charge in [-0.15, -0.1) is 0 Å². The number of fused-ring (bicyclic) bond motifs is 1. The number of hydrogen-bond donors (Lipinski definition) is 1. The van der Waals surface area contributed by atoms with E-state index in [4.69, 9.17) is 4.74 Å². The van der Waals surface area contributed by atoms with Gasteiger partial charge in [-0.25, -0.2) is 0 Å². The number of nitrogens with one attached hydrogen (secondary N) is 1. The summed E-state index contributed by atoms with van der Waals surface area (Å²) in [6.45, 7) is 20.2. The lowest BCUT2D eigenvalue weighted by Gasteiger charge is -2.26. The van der Waals surface area contributed by atoms with Gasteiger partial charge in [0.25, 0.3) is 0 Å². The molecule has 0 aliphatic heterocycles. The maximum absolute atomic E-state index is 11.8. The van der Waals surface area contributed by atoms with Gasteiger partial charge >= 0.3 is 5.97 Å². The minimum absolute atomic E-state index is 0.0108. The zero-order chi connectivity index (χ0) is 20.8. The number of carbonyl (C=O) groups is 1. The summed E-state index contributed by atoms with van der Waals surface area (Å²) in [7, 11) is 1.46. The van der Waals surface area contributed by atoms with Crippen molar-refractivity contribution in [1.29, 1.82) is 0 Å². The molecular formula is C24H37NO2. The highest BCUT2D eigenvalue weighted by Crippen LogP contribution is 2.40. The first-order valence-electron chi connectivity index (χ1n) is 9.93. The van der Waals surface area contributed by atoms with E-state index in [0.717, 1.165) is 0 Å². The Morgan fingerprint density at radius 2 is 1.52 bits per heavy atom. The first-order chi connectivity index (χ1) is 12.2. The van der Waals surface area contributed by atoms with E-state index < -0.39 is 0 Å². The van der Waals surface area contributed by atoms with Crippen LogP contribution in [0.3, 0.4) is 0 Å². The summed E-state index contributed by atoms with van der Waals surface area (Å²) in [6.07, 6.45) is 1.09. The third-order valence-electron chi connectivity index (χ3n) is 5.23. The average molecular weight is 372 g/mol. The van der Waals surface area contributed by atoms with Crippen LogP contribution < -0.4 is 0 Å². The van der Waals surface area contributed by atoms with E-state index in [9.17, 15) is 4.79 Å². The molecule has 0 aliphatic rings. The molecule has 0 unspecified atom stereocenters. The molecule has 0 atom stereocenters. The van der Waals surface area contributed by atoms with E-state index in [2.05, 4.69) is 79.4 Å². The van der Waals surface area contributed by atoms with Gasteiger partial charge in [0.05, 0.1) is 7.11 Å². The Morgan fingerprint density at radius 3 is 1.96 bits per heavy atom. The van der Waals surface area contributed by atoms with Crippen LogP contribution in [-0.4, -0.2) is 18.1 Å². The third kappa shape index (κ3) is 4.56. The van der Waals surface area contributed by atoms with Crippen molar-refractivity contribution in [2.75, 3.05) is 7.11 Å². The van der Waals surface area contributed by atoms with Crippen LogP contribution in [0, 0.1) is 0 Å². The van der Waals surface area contributed by atoms with E-state index in [-0.39, 0.29) is 22.2 Å². The summed E-state index contributed by atoms with van der Waals surface area (Å²) in [5.41, 5.74) is 6.40. The number of ether oxygens (including phenoxy) is 1. The lowest BCUT2D eigenvalue weighted by Crippen LogP contribution is -2.17. The number of hydrogen-bond acceptors (Lipinski definition) is 2. The Morgan fingerprint density at radius 1 is 0.926 bits per heavy atom. The van der Waals surface area contributed by atoms with Crippen LogP contribution in [0.1, 0.15) is 91.1 Å². The summed E-state index contributed by atoms with van der Waals surface area (Å²) in [4.78, 5) is 15.6. The number of aromatic nitrogens is 1. The molecule has 0 saturated carbocycles. The maximum Gasteiger partial charge on any atom is 0.305 e. The van der Waals surface area contributed by atoms with Gasteiger partial charge in [-0.2, -0.15) is 0 Å². The predicted molar refractivity (Wildman–Crippen MR) is 115 cm³/mol. The molecule has 0 aliphatic carbocycles. The molecular weight excluding hydrogens is 334 g/mol. The largest absolute Gasteiger partial charge is 0.469 e. The molecule has 0 saturated heterocycles. The van der Waals surface area contributed by atoms with Crippen LogP contribution in [0.15, 0.2) is 12.1 Å². The molecule has 2 aromatic rings. The van der Waals surface area contributed by atoms with Crippen LogP contribution in [-0.2, 0) is 32.2 Å². The van der Waals surface area contributed by atoms with Crippen molar-refractivity contribution < 1.29 is 9.53 Å². The zero-order valence-electron chi connectivity index (χ0n) is 18.9. The van der Waals surface area contributed by atoms with Crippen molar-refractivity contribution in [3.8, 4) is 0 Å². The second-order valence-corrected chi connectivity index (χ2v) is 10.8. The quantitative estimate of drug-likeness (QED) is 0.656. The molecule has 2 rings (SSSR count). The number of H-pyrrole nitrogens is 1. The van der Waals surface area contributed by atoms with Crippen molar-refractivity contribution in [2.24, 2.45) is 0 Å². The molecule has 1 N–H and O–H groups in total. The minimum atomic E-state index is -0.159. The SMILES string of the molecule is COC(=O)CCc1c(C(C)(C)C)[nH]c2cc(C(C)(C)C)cc(C(C)(C)C)c12. The average Bonchev–Trinajstić information content (AvgIpc) is 2.88. The van der Waals surface area contributed by atoms with E-state index in [1.807, 2.05) is 0 Å². The monoisotopic (exact) mass is 371 g/mol. The van der Waals surface area contributed by atoms with Crippen LogP contribution in [0.25, 0.3) is 10.9 Å². The zero-order valence-corrected chi connectivity index (χ0v) is 18.9. The highest BCUT2D eigenvalue weighted by Gasteiger charge is 2.29. The molecule has 0 fully saturated rings. The third-order valence-corrected chi connectivity index (χ3v) is 5.23. The summed E-state index contributed by atoms with van der Waals surface area (Å²) >= 11 is 0. The highest BCUT2D eigenvalue weighted by molar-refractivity contribution is 5.90. The van der Waals surface area contributed by atoms with E-state index >= 15 is 0 Å². The van der Waals surface area contributed by atoms with Crippen LogP contribution >= 0.6 is 0 Å². The topological polar surface area (TPSA) is 42.1 Å². The number of aryl methyl sites for hydroxylation is 1. The standard InChI is InChI=1S/C24H37NO2/c1-22(2,3)15-13-17(23(4,5)6)20-16(11-12-19(26)27-10)21(24(7,8)9)25-18(20)14-15/h13-14,25H,11-12H2,1-10H3. The fourth-order valence-electron chi connectivity index (χ4n) is 3.64. The Balaban J connectivity index is 2.85. The van der Waals surface area contributed by atoms with Gasteiger partial charge in [-0.05, 0) is 40.0 Å². The number of benzene rings is 1. The molecule has 3 nitrogen and oxygen atoms in total. The number of aromatic amines is 1. The number of rotatable bonds is 3. The van der Waals surface area contributed by atoms with Gasteiger partial charge in [0.15, 0.2) is 0 Å². The van der Waals surface area contributed by atoms with E-state index in [1.54, 1.807) is 0 Å². The van der Waals surface area contributed by atoms with Crippen LogP contribution in [0.2, 0.25) is 0 Å². The van der Waals surface area contributed by atoms with Crippen LogP contribution in [0.5, 0.6) is 0 Å². The molecule has 27 heavy (non-hydrogen) atoms. The molecule has 1 aromatic carbocycles. The van der Waals surface area contributed by atoms with Crippen molar-refractivity contribution in [3.05, 3.63) is 34.5 Å². The normalized spacial score (nSPS) is 13.3. The summed E-state index contributed by atoms with van der Waals surface area (Å²) in [5, 5.41) is 1.28. The minimum Gasteiger partial charge on any atom is -0.469 e.